The third-order valence-electron chi connectivity index (χ3n) is 4.23. The molecule has 0 spiro atoms. The highest BCUT2D eigenvalue weighted by Gasteiger charge is 2.23. The maximum Gasteiger partial charge on any atom is 0.128 e. The van der Waals surface area contributed by atoms with Gasteiger partial charge in [0.2, 0.25) is 0 Å². The van der Waals surface area contributed by atoms with E-state index in [9.17, 15) is 0 Å². The first-order valence-electron chi connectivity index (χ1n) is 8.82. The van der Waals surface area contributed by atoms with E-state index in [1.165, 1.54) is 11.1 Å². The molecule has 25 heavy (non-hydrogen) atoms. The van der Waals surface area contributed by atoms with Gasteiger partial charge in [-0.05, 0) is 50.1 Å². The third-order valence-corrected chi connectivity index (χ3v) is 4.23. The maximum atomic E-state index is 6.00. The van der Waals surface area contributed by atoms with Crippen molar-refractivity contribution < 1.29 is 14.2 Å². The fourth-order valence-electron chi connectivity index (χ4n) is 3.09. The molecule has 1 aromatic heterocycles. The van der Waals surface area contributed by atoms with Crippen molar-refractivity contribution in [3.05, 3.63) is 47.2 Å². The Morgan fingerprint density at radius 3 is 3.00 bits per heavy atom. The molecule has 1 N–H and O–H groups in total. The van der Waals surface area contributed by atoms with E-state index in [1.807, 2.05) is 19.2 Å². The minimum Gasteiger partial charge on any atom is -0.494 e. The Labute approximate surface area is 149 Å². The molecule has 1 unspecified atom stereocenters. The molecule has 0 aliphatic carbocycles. The van der Waals surface area contributed by atoms with Gasteiger partial charge in [0.15, 0.2) is 0 Å². The van der Waals surface area contributed by atoms with Crippen LogP contribution in [-0.4, -0.2) is 31.4 Å². The number of aromatic nitrogens is 1. The fourth-order valence-corrected chi connectivity index (χ4v) is 3.09. The van der Waals surface area contributed by atoms with E-state index in [2.05, 4.69) is 35.4 Å². The second kappa shape index (κ2) is 8.21. The predicted octanol–water partition coefficient (Wildman–Crippen LogP) is 3.60. The van der Waals surface area contributed by atoms with Crippen LogP contribution in [0.2, 0.25) is 0 Å². The number of pyridine rings is 1. The average molecular weight is 342 g/mol. The van der Waals surface area contributed by atoms with E-state index in [1.54, 1.807) is 7.11 Å². The van der Waals surface area contributed by atoms with Gasteiger partial charge in [-0.3, -0.25) is 0 Å². The Hall–Kier alpha value is -2.27. The lowest BCUT2D eigenvalue weighted by atomic mass is 10.1. The summed E-state index contributed by atoms with van der Waals surface area (Å²) in [6.45, 7) is 6.11. The van der Waals surface area contributed by atoms with Crippen molar-refractivity contribution in [1.82, 2.24) is 4.98 Å². The molecule has 0 amide bonds. The standard InChI is InChI=1S/C20H26N2O3/c1-4-24-18-11-16-9-14(2)25-20(16)17(12-18)13-22-19-10-15(5-7-21-19)6-8-23-3/h5,7,10-12,14H,4,6,8-9,13H2,1-3H3,(H,21,22). The van der Waals surface area contributed by atoms with Crippen LogP contribution in [0.15, 0.2) is 30.5 Å². The number of hydrogen-bond donors (Lipinski definition) is 1. The van der Waals surface area contributed by atoms with Crippen molar-refractivity contribution in [1.29, 1.82) is 0 Å². The summed E-state index contributed by atoms with van der Waals surface area (Å²) in [5.41, 5.74) is 3.53. The Morgan fingerprint density at radius 1 is 1.32 bits per heavy atom. The van der Waals surface area contributed by atoms with E-state index < -0.39 is 0 Å². The topological polar surface area (TPSA) is 52.6 Å². The minimum absolute atomic E-state index is 0.209. The van der Waals surface area contributed by atoms with Crippen LogP contribution in [0.3, 0.4) is 0 Å². The summed E-state index contributed by atoms with van der Waals surface area (Å²) < 4.78 is 16.9. The average Bonchev–Trinajstić information content (AvgIpc) is 2.99. The Kier molecular flexibility index (Phi) is 5.76. The number of fused-ring (bicyclic) bond motifs is 1. The van der Waals surface area contributed by atoms with Crippen molar-refractivity contribution in [2.24, 2.45) is 0 Å². The molecule has 0 bridgehead atoms. The Bertz CT molecular complexity index is 718. The normalized spacial score (nSPS) is 15.6. The summed E-state index contributed by atoms with van der Waals surface area (Å²) in [5.74, 6) is 2.74. The van der Waals surface area contributed by atoms with Crippen molar-refractivity contribution >= 4 is 5.82 Å². The van der Waals surface area contributed by atoms with E-state index in [4.69, 9.17) is 14.2 Å². The molecule has 1 aromatic carbocycles. The van der Waals surface area contributed by atoms with Gasteiger partial charge in [-0.25, -0.2) is 4.98 Å². The monoisotopic (exact) mass is 342 g/mol. The highest BCUT2D eigenvalue weighted by Crippen LogP contribution is 2.36. The van der Waals surface area contributed by atoms with Gasteiger partial charge in [0.1, 0.15) is 23.4 Å². The molecule has 1 aliphatic heterocycles. The molecule has 134 valence electrons. The zero-order valence-electron chi connectivity index (χ0n) is 15.2. The van der Waals surface area contributed by atoms with E-state index in [-0.39, 0.29) is 6.10 Å². The van der Waals surface area contributed by atoms with Crippen molar-refractivity contribution in [3.63, 3.8) is 0 Å². The number of benzene rings is 1. The zero-order chi connectivity index (χ0) is 17.6. The summed E-state index contributed by atoms with van der Waals surface area (Å²) in [7, 11) is 1.72. The number of methoxy groups -OCH3 is 1. The van der Waals surface area contributed by atoms with Gasteiger partial charge >= 0.3 is 0 Å². The van der Waals surface area contributed by atoms with Crippen LogP contribution in [0.1, 0.15) is 30.5 Å². The van der Waals surface area contributed by atoms with Crippen LogP contribution in [-0.2, 0) is 24.1 Å². The fraction of sp³-hybridized carbons (Fsp3) is 0.450. The van der Waals surface area contributed by atoms with Crippen LogP contribution >= 0.6 is 0 Å². The van der Waals surface area contributed by atoms with Gasteiger partial charge in [-0.2, -0.15) is 0 Å². The van der Waals surface area contributed by atoms with E-state index in [0.29, 0.717) is 19.8 Å². The summed E-state index contributed by atoms with van der Waals surface area (Å²) in [5, 5.41) is 3.40. The second-order valence-corrected chi connectivity index (χ2v) is 6.28. The van der Waals surface area contributed by atoms with Crippen LogP contribution in [0, 0.1) is 0 Å². The molecule has 2 aromatic rings. The molecule has 1 aliphatic rings. The quantitative estimate of drug-likeness (QED) is 0.794. The Morgan fingerprint density at radius 2 is 2.20 bits per heavy atom. The molecule has 5 nitrogen and oxygen atoms in total. The lowest BCUT2D eigenvalue weighted by molar-refractivity contribution is 0.202. The third kappa shape index (κ3) is 4.42. The van der Waals surface area contributed by atoms with Crippen LogP contribution in [0.25, 0.3) is 0 Å². The largest absolute Gasteiger partial charge is 0.494 e. The van der Waals surface area contributed by atoms with Gasteiger partial charge in [0, 0.05) is 37.4 Å². The molecule has 0 fully saturated rings. The summed E-state index contributed by atoms with van der Waals surface area (Å²) >= 11 is 0. The first-order chi connectivity index (χ1) is 12.2. The number of nitrogens with zero attached hydrogens (tertiary/aromatic N) is 1. The van der Waals surface area contributed by atoms with Gasteiger partial charge < -0.3 is 19.5 Å². The number of rotatable bonds is 8. The number of nitrogens with one attached hydrogen (secondary N) is 1. The molecular formula is C20H26N2O3. The molecule has 0 saturated heterocycles. The predicted molar refractivity (Wildman–Crippen MR) is 98.5 cm³/mol. The zero-order valence-corrected chi connectivity index (χ0v) is 15.2. The summed E-state index contributed by atoms with van der Waals surface area (Å²) in [6.07, 6.45) is 3.84. The van der Waals surface area contributed by atoms with Crippen molar-refractivity contribution in [2.75, 3.05) is 25.6 Å². The van der Waals surface area contributed by atoms with Crippen molar-refractivity contribution in [2.45, 2.75) is 39.3 Å². The second-order valence-electron chi connectivity index (χ2n) is 6.28. The van der Waals surface area contributed by atoms with Gasteiger partial charge in [0.05, 0.1) is 13.2 Å². The van der Waals surface area contributed by atoms with Crippen molar-refractivity contribution in [3.8, 4) is 11.5 Å². The SMILES string of the molecule is CCOc1cc(CNc2cc(CCOC)ccn2)c2c(c1)CC(C)O2. The Balaban J connectivity index is 1.74. The molecule has 0 radical (unpaired) electrons. The molecule has 2 heterocycles. The minimum atomic E-state index is 0.209. The van der Waals surface area contributed by atoms with Gasteiger partial charge in [-0.15, -0.1) is 0 Å². The van der Waals surface area contributed by atoms with E-state index >= 15 is 0 Å². The first kappa shape index (κ1) is 17.5. The first-order valence-corrected chi connectivity index (χ1v) is 8.82. The summed E-state index contributed by atoms with van der Waals surface area (Å²) in [6, 6.07) is 8.23. The molecule has 1 atom stereocenters. The van der Waals surface area contributed by atoms with Gasteiger partial charge in [-0.1, -0.05) is 0 Å². The molecular weight excluding hydrogens is 316 g/mol. The summed E-state index contributed by atoms with van der Waals surface area (Å²) in [4.78, 5) is 4.41. The number of hydrogen-bond acceptors (Lipinski definition) is 5. The lowest BCUT2D eigenvalue weighted by Crippen LogP contribution is -2.07. The molecule has 0 saturated carbocycles. The van der Waals surface area contributed by atoms with Crippen LogP contribution in [0.4, 0.5) is 5.82 Å². The van der Waals surface area contributed by atoms with Crippen LogP contribution in [0.5, 0.6) is 11.5 Å². The maximum absolute atomic E-state index is 6.00. The highest BCUT2D eigenvalue weighted by atomic mass is 16.5. The number of anilines is 1. The molecule has 5 heteroatoms. The smallest absolute Gasteiger partial charge is 0.128 e. The van der Waals surface area contributed by atoms with E-state index in [0.717, 1.165) is 35.7 Å². The number of ether oxygens (including phenoxy) is 3. The molecule has 3 rings (SSSR count). The lowest BCUT2D eigenvalue weighted by Gasteiger charge is -2.13. The van der Waals surface area contributed by atoms with Gasteiger partial charge in [0.25, 0.3) is 0 Å². The highest BCUT2D eigenvalue weighted by molar-refractivity contribution is 5.51. The van der Waals surface area contributed by atoms with Crippen LogP contribution < -0.4 is 14.8 Å².